The molecule has 0 saturated heterocycles. The minimum absolute atomic E-state index is 0.0406. The third-order valence-electron chi connectivity index (χ3n) is 5.02. The summed E-state index contributed by atoms with van der Waals surface area (Å²) in [6.07, 6.45) is 2.03. The van der Waals surface area contributed by atoms with Crippen molar-refractivity contribution in [2.24, 2.45) is 0 Å². The normalized spacial score (nSPS) is 12.0. The molecule has 3 aromatic heterocycles. The van der Waals surface area contributed by atoms with Gasteiger partial charge in [0.05, 0.1) is 28.5 Å². The molecule has 3 heterocycles. The second-order valence-electron chi connectivity index (χ2n) is 7.72. The molecular weight excluding hydrogens is 442 g/mol. The molecule has 4 rings (SSSR count). The third-order valence-corrected chi connectivity index (χ3v) is 5.32. The highest BCUT2D eigenvalue weighted by atomic mass is 35.5. The van der Waals surface area contributed by atoms with E-state index in [9.17, 15) is 9.59 Å². The SMILES string of the molecule is CC(OC(=O)c1cc(-c2ccccc2)nc2c1cnn2C(C)C)C(=O)Nc1cccnc1Cl. The summed E-state index contributed by atoms with van der Waals surface area (Å²) < 4.78 is 7.25. The van der Waals surface area contributed by atoms with E-state index in [2.05, 4.69) is 15.4 Å². The van der Waals surface area contributed by atoms with Crippen LogP contribution in [-0.2, 0) is 9.53 Å². The molecular formula is C24H22ClN5O3. The number of pyridine rings is 2. The molecule has 0 bridgehead atoms. The highest BCUT2D eigenvalue weighted by molar-refractivity contribution is 6.32. The standard InChI is InChI=1S/C24H22ClN5O3/c1-14(2)30-22-18(13-27-30)17(12-20(28-22)16-8-5-4-6-9-16)24(32)33-15(3)23(31)29-19-10-7-11-26-21(19)25/h4-15H,1-3H3,(H,29,31). The van der Waals surface area contributed by atoms with E-state index in [0.29, 0.717) is 22.4 Å². The van der Waals surface area contributed by atoms with Crippen LogP contribution in [0.1, 0.15) is 37.2 Å². The molecule has 0 fully saturated rings. The van der Waals surface area contributed by atoms with Gasteiger partial charge in [-0.25, -0.2) is 19.4 Å². The fourth-order valence-electron chi connectivity index (χ4n) is 3.31. The number of esters is 1. The van der Waals surface area contributed by atoms with Crippen LogP contribution in [0.15, 0.2) is 60.9 Å². The Bertz CT molecular complexity index is 1320. The van der Waals surface area contributed by atoms with Gasteiger partial charge in [-0.3, -0.25) is 4.79 Å². The van der Waals surface area contributed by atoms with Gasteiger partial charge in [0.25, 0.3) is 5.91 Å². The number of ether oxygens (including phenoxy) is 1. The summed E-state index contributed by atoms with van der Waals surface area (Å²) in [5, 5.41) is 7.72. The van der Waals surface area contributed by atoms with Crippen LogP contribution >= 0.6 is 11.6 Å². The van der Waals surface area contributed by atoms with Crippen LogP contribution in [0.4, 0.5) is 5.69 Å². The topological polar surface area (TPSA) is 99.0 Å². The van der Waals surface area contributed by atoms with Crippen molar-refractivity contribution in [1.82, 2.24) is 19.7 Å². The third kappa shape index (κ3) is 4.70. The highest BCUT2D eigenvalue weighted by Crippen LogP contribution is 2.27. The fourth-order valence-corrected chi connectivity index (χ4v) is 3.48. The molecule has 8 nitrogen and oxygen atoms in total. The van der Waals surface area contributed by atoms with Gasteiger partial charge in [-0.15, -0.1) is 0 Å². The van der Waals surface area contributed by atoms with Crippen molar-refractivity contribution < 1.29 is 14.3 Å². The molecule has 1 aromatic carbocycles. The van der Waals surface area contributed by atoms with Gasteiger partial charge >= 0.3 is 5.97 Å². The van der Waals surface area contributed by atoms with Crippen LogP contribution < -0.4 is 5.32 Å². The molecule has 0 aliphatic rings. The molecule has 0 aliphatic carbocycles. The maximum Gasteiger partial charge on any atom is 0.339 e. The maximum absolute atomic E-state index is 13.2. The van der Waals surface area contributed by atoms with Crippen molar-refractivity contribution in [3.63, 3.8) is 0 Å². The maximum atomic E-state index is 13.2. The molecule has 33 heavy (non-hydrogen) atoms. The quantitative estimate of drug-likeness (QED) is 0.322. The van der Waals surface area contributed by atoms with Crippen LogP contribution in [0, 0.1) is 0 Å². The monoisotopic (exact) mass is 463 g/mol. The van der Waals surface area contributed by atoms with E-state index in [-0.39, 0.29) is 16.8 Å². The lowest BCUT2D eigenvalue weighted by atomic mass is 10.1. The van der Waals surface area contributed by atoms with Crippen molar-refractivity contribution in [2.75, 3.05) is 5.32 Å². The second kappa shape index (κ2) is 9.38. The van der Waals surface area contributed by atoms with Crippen LogP contribution in [0.2, 0.25) is 5.15 Å². The number of carbonyl (C=O) groups is 2. The van der Waals surface area contributed by atoms with Crippen molar-refractivity contribution >= 4 is 40.2 Å². The van der Waals surface area contributed by atoms with Crippen LogP contribution in [0.3, 0.4) is 0 Å². The first kappa shape index (κ1) is 22.4. The van der Waals surface area contributed by atoms with E-state index >= 15 is 0 Å². The van der Waals surface area contributed by atoms with E-state index in [1.807, 2.05) is 44.2 Å². The van der Waals surface area contributed by atoms with E-state index in [1.54, 1.807) is 29.1 Å². The summed E-state index contributed by atoms with van der Waals surface area (Å²) in [5.74, 6) is -1.17. The summed E-state index contributed by atoms with van der Waals surface area (Å²) in [6, 6.07) is 14.5. The molecule has 9 heteroatoms. The molecule has 0 radical (unpaired) electrons. The van der Waals surface area contributed by atoms with Crippen molar-refractivity contribution in [3.8, 4) is 11.3 Å². The van der Waals surface area contributed by atoms with Crippen LogP contribution in [-0.4, -0.2) is 37.7 Å². The van der Waals surface area contributed by atoms with Gasteiger partial charge in [-0.1, -0.05) is 41.9 Å². The highest BCUT2D eigenvalue weighted by Gasteiger charge is 2.24. The zero-order valence-electron chi connectivity index (χ0n) is 18.3. The lowest BCUT2D eigenvalue weighted by Gasteiger charge is -2.15. The van der Waals surface area contributed by atoms with E-state index < -0.39 is 18.0 Å². The Labute approximate surface area is 195 Å². The van der Waals surface area contributed by atoms with Gasteiger partial charge in [-0.2, -0.15) is 5.10 Å². The Kier molecular flexibility index (Phi) is 6.37. The summed E-state index contributed by atoms with van der Waals surface area (Å²) in [5.41, 5.74) is 2.64. The van der Waals surface area contributed by atoms with E-state index in [4.69, 9.17) is 21.3 Å². The Morgan fingerprint density at radius 2 is 1.85 bits per heavy atom. The number of amides is 1. The number of nitrogens with one attached hydrogen (secondary N) is 1. The lowest BCUT2D eigenvalue weighted by Crippen LogP contribution is -2.30. The van der Waals surface area contributed by atoms with Gasteiger partial charge in [0.2, 0.25) is 0 Å². The van der Waals surface area contributed by atoms with E-state index in [0.717, 1.165) is 5.56 Å². The summed E-state index contributed by atoms with van der Waals surface area (Å²) in [6.45, 7) is 5.46. The largest absolute Gasteiger partial charge is 0.449 e. The number of halogens is 1. The Hall–Kier alpha value is -3.78. The second-order valence-corrected chi connectivity index (χ2v) is 8.08. The predicted molar refractivity (Wildman–Crippen MR) is 126 cm³/mol. The minimum Gasteiger partial charge on any atom is -0.449 e. The number of hydrogen-bond acceptors (Lipinski definition) is 6. The average Bonchev–Trinajstić information content (AvgIpc) is 3.24. The van der Waals surface area contributed by atoms with Gasteiger partial charge in [0.1, 0.15) is 0 Å². The van der Waals surface area contributed by atoms with Gasteiger partial charge in [0, 0.05) is 17.8 Å². The molecule has 1 N–H and O–H groups in total. The Morgan fingerprint density at radius 1 is 1.09 bits per heavy atom. The number of fused-ring (bicyclic) bond motifs is 1. The molecule has 1 unspecified atom stereocenters. The van der Waals surface area contributed by atoms with Gasteiger partial charge in [-0.05, 0) is 39.0 Å². The molecule has 1 atom stereocenters. The lowest BCUT2D eigenvalue weighted by molar-refractivity contribution is -0.123. The molecule has 4 aromatic rings. The number of rotatable bonds is 6. The smallest absolute Gasteiger partial charge is 0.339 e. The molecule has 0 aliphatic heterocycles. The molecule has 0 spiro atoms. The first-order valence-corrected chi connectivity index (χ1v) is 10.8. The summed E-state index contributed by atoms with van der Waals surface area (Å²) in [7, 11) is 0. The number of carbonyl (C=O) groups excluding carboxylic acids is 2. The average molecular weight is 464 g/mol. The van der Waals surface area contributed by atoms with Crippen molar-refractivity contribution in [3.05, 3.63) is 71.6 Å². The van der Waals surface area contributed by atoms with E-state index in [1.165, 1.54) is 13.1 Å². The Balaban J connectivity index is 1.65. The molecule has 1 amide bonds. The Morgan fingerprint density at radius 3 is 2.55 bits per heavy atom. The zero-order valence-corrected chi connectivity index (χ0v) is 19.1. The summed E-state index contributed by atoms with van der Waals surface area (Å²) in [4.78, 5) is 34.4. The minimum atomic E-state index is -1.07. The first-order chi connectivity index (χ1) is 15.8. The predicted octanol–water partition coefficient (Wildman–Crippen LogP) is 4.91. The van der Waals surface area contributed by atoms with Gasteiger partial charge < -0.3 is 10.1 Å². The summed E-state index contributed by atoms with van der Waals surface area (Å²) >= 11 is 5.99. The van der Waals surface area contributed by atoms with Crippen molar-refractivity contribution in [2.45, 2.75) is 32.9 Å². The zero-order chi connectivity index (χ0) is 23.5. The molecule has 168 valence electrons. The van der Waals surface area contributed by atoms with Gasteiger partial charge in [0.15, 0.2) is 16.9 Å². The molecule has 0 saturated carbocycles. The fraction of sp³-hybridized carbons (Fsp3) is 0.208. The van der Waals surface area contributed by atoms with Crippen LogP contribution in [0.5, 0.6) is 0 Å². The van der Waals surface area contributed by atoms with Crippen molar-refractivity contribution in [1.29, 1.82) is 0 Å². The number of benzene rings is 1. The number of anilines is 1. The number of nitrogens with zero attached hydrogens (tertiary/aromatic N) is 4. The van der Waals surface area contributed by atoms with Crippen LogP contribution in [0.25, 0.3) is 22.3 Å². The number of aromatic nitrogens is 4. The number of hydrogen-bond donors (Lipinski definition) is 1. The first-order valence-electron chi connectivity index (χ1n) is 10.4.